The highest BCUT2D eigenvalue weighted by Crippen LogP contribution is 2.30. The monoisotopic (exact) mass is 442 g/mol. The molecule has 31 heavy (non-hydrogen) atoms. The van der Waals surface area contributed by atoms with Crippen molar-refractivity contribution >= 4 is 27.3 Å². The van der Waals surface area contributed by atoms with Crippen molar-refractivity contribution in [2.45, 2.75) is 19.4 Å². The molecule has 1 amide bonds. The Kier molecular flexibility index (Phi) is 6.91. The molecule has 0 aliphatic carbocycles. The minimum atomic E-state index is -3.82. The summed E-state index contributed by atoms with van der Waals surface area (Å²) < 4.78 is 45.2. The van der Waals surface area contributed by atoms with E-state index in [1.54, 1.807) is 43.3 Å². The SMILES string of the molecule is CC[C@@H](C(=O)Nc1ccccc1Oc1ccccc1)N(c1ccc(F)cc1)S(C)(=O)=O. The highest BCUT2D eigenvalue weighted by molar-refractivity contribution is 7.92. The van der Waals surface area contributed by atoms with E-state index < -0.39 is 27.8 Å². The Balaban J connectivity index is 1.89. The van der Waals surface area contributed by atoms with E-state index in [1.807, 2.05) is 18.2 Å². The lowest BCUT2D eigenvalue weighted by atomic mass is 10.1. The molecular formula is C23H23FN2O4S. The van der Waals surface area contributed by atoms with Crippen LogP contribution in [0.15, 0.2) is 78.9 Å². The average molecular weight is 443 g/mol. The summed E-state index contributed by atoms with van der Waals surface area (Å²) in [5.41, 5.74) is 0.613. The Morgan fingerprint density at radius 1 is 1.00 bits per heavy atom. The van der Waals surface area contributed by atoms with Crippen LogP contribution in [0.4, 0.5) is 15.8 Å². The molecule has 0 heterocycles. The van der Waals surface area contributed by atoms with Gasteiger partial charge in [0, 0.05) is 0 Å². The summed E-state index contributed by atoms with van der Waals surface area (Å²) in [6, 6.07) is 19.9. The number of hydrogen-bond donors (Lipinski definition) is 1. The Hall–Kier alpha value is -3.39. The molecule has 0 aliphatic rings. The number of carbonyl (C=O) groups is 1. The number of anilines is 2. The van der Waals surface area contributed by atoms with Gasteiger partial charge in [-0.05, 0) is 55.0 Å². The molecule has 162 valence electrons. The van der Waals surface area contributed by atoms with E-state index in [-0.39, 0.29) is 12.1 Å². The molecule has 0 aliphatic heterocycles. The Morgan fingerprint density at radius 3 is 2.23 bits per heavy atom. The van der Waals surface area contributed by atoms with E-state index in [2.05, 4.69) is 5.32 Å². The fourth-order valence-corrected chi connectivity index (χ4v) is 4.35. The molecule has 3 aromatic rings. The zero-order chi connectivity index (χ0) is 22.4. The molecule has 0 unspecified atom stereocenters. The lowest BCUT2D eigenvalue weighted by Gasteiger charge is -2.30. The van der Waals surface area contributed by atoms with E-state index >= 15 is 0 Å². The Bertz CT molecular complexity index is 1140. The van der Waals surface area contributed by atoms with Crippen LogP contribution in [0.5, 0.6) is 11.5 Å². The molecule has 0 saturated heterocycles. The van der Waals surface area contributed by atoms with Crippen LogP contribution in [0.3, 0.4) is 0 Å². The first-order valence-corrected chi connectivity index (χ1v) is 11.5. The maximum absolute atomic E-state index is 13.3. The van der Waals surface area contributed by atoms with E-state index in [1.165, 1.54) is 12.1 Å². The second-order valence-corrected chi connectivity index (χ2v) is 8.72. The van der Waals surface area contributed by atoms with Crippen molar-refractivity contribution in [1.29, 1.82) is 0 Å². The summed E-state index contributed by atoms with van der Waals surface area (Å²) >= 11 is 0. The fraction of sp³-hybridized carbons (Fsp3) is 0.174. The molecule has 8 heteroatoms. The molecule has 0 aromatic heterocycles. The maximum atomic E-state index is 13.3. The van der Waals surface area contributed by atoms with Gasteiger partial charge < -0.3 is 10.1 Å². The minimum Gasteiger partial charge on any atom is -0.455 e. The number of benzene rings is 3. The van der Waals surface area contributed by atoms with Crippen LogP contribution in [-0.4, -0.2) is 26.6 Å². The van der Waals surface area contributed by atoms with Gasteiger partial charge in [0.1, 0.15) is 17.6 Å². The summed E-state index contributed by atoms with van der Waals surface area (Å²) in [5, 5.41) is 2.77. The molecule has 0 fully saturated rings. The van der Waals surface area contributed by atoms with Gasteiger partial charge in [-0.15, -0.1) is 0 Å². The summed E-state index contributed by atoms with van der Waals surface area (Å²) in [6.45, 7) is 1.71. The summed E-state index contributed by atoms with van der Waals surface area (Å²) in [7, 11) is -3.82. The van der Waals surface area contributed by atoms with E-state index in [0.717, 1.165) is 22.7 Å². The van der Waals surface area contributed by atoms with Gasteiger partial charge in [-0.1, -0.05) is 37.3 Å². The normalized spacial score (nSPS) is 12.1. The summed E-state index contributed by atoms with van der Waals surface area (Å²) in [6.07, 6.45) is 1.22. The molecule has 6 nitrogen and oxygen atoms in total. The van der Waals surface area contributed by atoms with Crippen molar-refractivity contribution < 1.29 is 22.3 Å². The maximum Gasteiger partial charge on any atom is 0.248 e. The van der Waals surface area contributed by atoms with E-state index in [9.17, 15) is 17.6 Å². The first kappa shape index (κ1) is 22.3. The van der Waals surface area contributed by atoms with Crippen molar-refractivity contribution in [2.75, 3.05) is 15.9 Å². The van der Waals surface area contributed by atoms with Crippen LogP contribution in [0, 0.1) is 5.82 Å². The molecule has 0 radical (unpaired) electrons. The number of carbonyl (C=O) groups excluding carboxylic acids is 1. The standard InChI is InChI=1S/C23H23FN2O4S/c1-3-21(26(31(2,28)29)18-15-13-17(24)14-16-18)23(27)25-20-11-7-8-12-22(20)30-19-9-5-4-6-10-19/h4-16,21H,3H2,1-2H3,(H,25,27)/t21-/m0/s1. The first-order chi connectivity index (χ1) is 14.8. The molecule has 3 rings (SSSR count). The van der Waals surface area contributed by atoms with Crippen LogP contribution in [0.2, 0.25) is 0 Å². The third kappa shape index (κ3) is 5.61. The molecule has 1 atom stereocenters. The zero-order valence-corrected chi connectivity index (χ0v) is 18.0. The molecule has 0 saturated carbocycles. The van der Waals surface area contributed by atoms with Gasteiger partial charge in [0.15, 0.2) is 5.75 Å². The van der Waals surface area contributed by atoms with Crippen LogP contribution in [-0.2, 0) is 14.8 Å². The Labute approximate surface area is 181 Å². The molecule has 0 spiro atoms. The fourth-order valence-electron chi connectivity index (χ4n) is 3.14. The first-order valence-electron chi connectivity index (χ1n) is 9.67. The molecule has 0 bridgehead atoms. The largest absolute Gasteiger partial charge is 0.455 e. The predicted molar refractivity (Wildman–Crippen MR) is 119 cm³/mol. The van der Waals surface area contributed by atoms with Gasteiger partial charge in [-0.25, -0.2) is 12.8 Å². The van der Waals surface area contributed by atoms with Crippen molar-refractivity contribution in [2.24, 2.45) is 0 Å². The van der Waals surface area contributed by atoms with E-state index in [0.29, 0.717) is 17.2 Å². The summed E-state index contributed by atoms with van der Waals surface area (Å²) in [5.74, 6) is -0.00652. The number of rotatable bonds is 8. The number of amides is 1. The van der Waals surface area contributed by atoms with E-state index in [4.69, 9.17) is 4.74 Å². The average Bonchev–Trinajstić information content (AvgIpc) is 2.74. The van der Waals surface area contributed by atoms with Gasteiger partial charge in [0.25, 0.3) is 0 Å². The number of sulfonamides is 1. The topological polar surface area (TPSA) is 75.7 Å². The van der Waals surface area contributed by atoms with Crippen LogP contribution >= 0.6 is 0 Å². The van der Waals surface area contributed by atoms with Gasteiger partial charge in [0.05, 0.1) is 17.6 Å². The van der Waals surface area contributed by atoms with Crippen molar-refractivity contribution in [1.82, 2.24) is 0 Å². The number of nitrogens with zero attached hydrogens (tertiary/aromatic N) is 1. The Morgan fingerprint density at radius 2 is 1.61 bits per heavy atom. The number of halogens is 1. The van der Waals surface area contributed by atoms with Gasteiger partial charge in [0.2, 0.25) is 15.9 Å². The lowest BCUT2D eigenvalue weighted by molar-refractivity contribution is -0.117. The minimum absolute atomic E-state index is 0.206. The van der Waals surface area contributed by atoms with Crippen molar-refractivity contribution in [3.63, 3.8) is 0 Å². The lowest BCUT2D eigenvalue weighted by Crippen LogP contribution is -2.47. The third-order valence-electron chi connectivity index (χ3n) is 4.53. The second kappa shape index (κ2) is 9.61. The number of para-hydroxylation sites is 3. The van der Waals surface area contributed by atoms with Crippen molar-refractivity contribution in [3.8, 4) is 11.5 Å². The highest BCUT2D eigenvalue weighted by atomic mass is 32.2. The smallest absolute Gasteiger partial charge is 0.248 e. The highest BCUT2D eigenvalue weighted by Gasteiger charge is 2.32. The number of ether oxygens (including phenoxy) is 1. The second-order valence-electron chi connectivity index (χ2n) is 6.86. The predicted octanol–water partition coefficient (Wildman–Crippen LogP) is 4.80. The van der Waals surface area contributed by atoms with Gasteiger partial charge >= 0.3 is 0 Å². The van der Waals surface area contributed by atoms with Crippen LogP contribution in [0.1, 0.15) is 13.3 Å². The number of hydrogen-bond acceptors (Lipinski definition) is 4. The molecule has 1 N–H and O–H groups in total. The van der Waals surface area contributed by atoms with Gasteiger partial charge in [-0.2, -0.15) is 0 Å². The van der Waals surface area contributed by atoms with Crippen LogP contribution < -0.4 is 14.4 Å². The summed E-state index contributed by atoms with van der Waals surface area (Å²) in [4.78, 5) is 13.1. The van der Waals surface area contributed by atoms with Crippen LogP contribution in [0.25, 0.3) is 0 Å². The van der Waals surface area contributed by atoms with Crippen molar-refractivity contribution in [3.05, 3.63) is 84.7 Å². The third-order valence-corrected chi connectivity index (χ3v) is 5.71. The molecule has 3 aromatic carbocycles. The zero-order valence-electron chi connectivity index (χ0n) is 17.2. The molecular weight excluding hydrogens is 419 g/mol. The number of nitrogens with one attached hydrogen (secondary N) is 1. The van der Waals surface area contributed by atoms with Gasteiger partial charge in [-0.3, -0.25) is 9.10 Å². The quantitative estimate of drug-likeness (QED) is 0.544.